The summed E-state index contributed by atoms with van der Waals surface area (Å²) >= 11 is 0. The highest BCUT2D eigenvalue weighted by atomic mass is 14.9. The van der Waals surface area contributed by atoms with Crippen molar-refractivity contribution >= 4 is 5.69 Å². The predicted octanol–water partition coefficient (Wildman–Crippen LogP) is 2.36. The minimum atomic E-state index is 0.187. The van der Waals surface area contributed by atoms with Crippen LogP contribution in [0.2, 0.25) is 0 Å². The van der Waals surface area contributed by atoms with Gasteiger partial charge in [0, 0.05) is 18.3 Å². The van der Waals surface area contributed by atoms with E-state index in [4.69, 9.17) is 5.73 Å². The largest absolute Gasteiger partial charge is 0.384 e. The van der Waals surface area contributed by atoms with Crippen molar-refractivity contribution in [2.75, 3.05) is 11.9 Å². The lowest BCUT2D eigenvalue weighted by Crippen LogP contribution is -2.31. The van der Waals surface area contributed by atoms with Gasteiger partial charge in [-0.2, -0.15) is 0 Å². The van der Waals surface area contributed by atoms with Crippen molar-refractivity contribution in [2.24, 2.45) is 11.7 Å². The van der Waals surface area contributed by atoms with E-state index in [0.717, 1.165) is 6.54 Å². The first kappa shape index (κ1) is 9.53. The quantitative estimate of drug-likeness (QED) is 0.659. The van der Waals surface area contributed by atoms with E-state index in [-0.39, 0.29) is 6.04 Å². The van der Waals surface area contributed by atoms with Gasteiger partial charge in [0.15, 0.2) is 0 Å². The summed E-state index contributed by atoms with van der Waals surface area (Å²) in [4.78, 5) is 0. The summed E-state index contributed by atoms with van der Waals surface area (Å²) in [6.07, 6.45) is 0. The molecular formula is C12H18N2. The van der Waals surface area contributed by atoms with Gasteiger partial charge in [-0.3, -0.25) is 0 Å². The molecule has 0 aliphatic carbocycles. The van der Waals surface area contributed by atoms with Gasteiger partial charge in [-0.25, -0.2) is 0 Å². The molecule has 2 unspecified atom stereocenters. The molecule has 14 heavy (non-hydrogen) atoms. The van der Waals surface area contributed by atoms with Crippen LogP contribution in [-0.2, 0) is 0 Å². The van der Waals surface area contributed by atoms with Gasteiger partial charge in [0.25, 0.3) is 0 Å². The lowest BCUT2D eigenvalue weighted by Gasteiger charge is -2.31. The highest BCUT2D eigenvalue weighted by molar-refractivity contribution is 5.59. The molecule has 1 aromatic carbocycles. The van der Waals surface area contributed by atoms with E-state index in [0.29, 0.717) is 5.92 Å². The maximum Gasteiger partial charge on any atom is 0.0394 e. The summed E-state index contributed by atoms with van der Waals surface area (Å²) in [7, 11) is 0. The Morgan fingerprint density at radius 3 is 2.79 bits per heavy atom. The van der Waals surface area contributed by atoms with E-state index < -0.39 is 0 Å². The summed E-state index contributed by atoms with van der Waals surface area (Å²) < 4.78 is 0. The van der Waals surface area contributed by atoms with Crippen molar-refractivity contribution in [3.8, 4) is 0 Å². The first-order valence-corrected chi connectivity index (χ1v) is 5.20. The first-order chi connectivity index (χ1) is 6.59. The molecule has 0 aromatic heterocycles. The standard InChI is InChI=1S/C12H18N2/c1-7-4-8(2)11-10(5-7)14-6-9(3)12(11)13/h4-5,9,12,14H,6,13H2,1-3H3. The van der Waals surface area contributed by atoms with E-state index in [9.17, 15) is 0 Å². The summed E-state index contributed by atoms with van der Waals surface area (Å²) in [5, 5.41) is 3.44. The number of nitrogens with one attached hydrogen (secondary N) is 1. The van der Waals surface area contributed by atoms with Crippen molar-refractivity contribution in [3.05, 3.63) is 28.8 Å². The molecule has 0 saturated heterocycles. The molecule has 1 aliphatic heterocycles. The fraction of sp³-hybridized carbons (Fsp3) is 0.500. The van der Waals surface area contributed by atoms with Gasteiger partial charge in [-0.05, 0) is 42.5 Å². The van der Waals surface area contributed by atoms with Crippen molar-refractivity contribution in [2.45, 2.75) is 26.8 Å². The van der Waals surface area contributed by atoms with Gasteiger partial charge < -0.3 is 11.1 Å². The molecule has 1 aliphatic rings. The number of aryl methyl sites for hydroxylation is 2. The summed E-state index contributed by atoms with van der Waals surface area (Å²) in [6.45, 7) is 7.45. The van der Waals surface area contributed by atoms with Crippen molar-refractivity contribution in [1.29, 1.82) is 0 Å². The molecule has 0 fully saturated rings. The SMILES string of the molecule is Cc1cc(C)c2c(c1)NCC(C)C2N. The Morgan fingerprint density at radius 2 is 2.07 bits per heavy atom. The van der Waals surface area contributed by atoms with Gasteiger partial charge >= 0.3 is 0 Å². The van der Waals surface area contributed by atoms with Crippen LogP contribution in [0.4, 0.5) is 5.69 Å². The molecular weight excluding hydrogens is 172 g/mol. The zero-order chi connectivity index (χ0) is 10.3. The van der Waals surface area contributed by atoms with E-state index in [2.05, 4.69) is 38.2 Å². The van der Waals surface area contributed by atoms with Crippen LogP contribution in [0, 0.1) is 19.8 Å². The predicted molar refractivity (Wildman–Crippen MR) is 60.5 cm³/mol. The Hall–Kier alpha value is -1.02. The van der Waals surface area contributed by atoms with Crippen molar-refractivity contribution in [3.63, 3.8) is 0 Å². The summed E-state index contributed by atoms with van der Waals surface area (Å²) in [5.74, 6) is 0.518. The summed E-state index contributed by atoms with van der Waals surface area (Å²) in [6, 6.07) is 4.58. The van der Waals surface area contributed by atoms with Crippen LogP contribution in [-0.4, -0.2) is 6.54 Å². The van der Waals surface area contributed by atoms with Crippen LogP contribution >= 0.6 is 0 Å². The van der Waals surface area contributed by atoms with Crippen LogP contribution in [0.3, 0.4) is 0 Å². The number of anilines is 1. The maximum absolute atomic E-state index is 6.20. The summed E-state index contributed by atoms with van der Waals surface area (Å²) in [5.41, 5.74) is 11.3. The van der Waals surface area contributed by atoms with E-state index in [1.807, 2.05) is 0 Å². The van der Waals surface area contributed by atoms with E-state index in [1.165, 1.54) is 22.4 Å². The monoisotopic (exact) mass is 190 g/mol. The highest BCUT2D eigenvalue weighted by Crippen LogP contribution is 2.34. The smallest absolute Gasteiger partial charge is 0.0394 e. The van der Waals surface area contributed by atoms with Crippen molar-refractivity contribution in [1.82, 2.24) is 0 Å². The zero-order valence-electron chi connectivity index (χ0n) is 9.09. The first-order valence-electron chi connectivity index (χ1n) is 5.20. The third kappa shape index (κ3) is 1.40. The molecule has 0 radical (unpaired) electrons. The van der Waals surface area contributed by atoms with Gasteiger partial charge in [0.1, 0.15) is 0 Å². The van der Waals surface area contributed by atoms with Gasteiger partial charge in [-0.1, -0.05) is 13.0 Å². The van der Waals surface area contributed by atoms with Crippen LogP contribution < -0.4 is 11.1 Å². The molecule has 0 amide bonds. The zero-order valence-corrected chi connectivity index (χ0v) is 9.09. The fourth-order valence-electron chi connectivity index (χ4n) is 2.25. The molecule has 1 heterocycles. The molecule has 3 N–H and O–H groups in total. The molecule has 2 rings (SSSR count). The van der Waals surface area contributed by atoms with Gasteiger partial charge in [0.05, 0.1) is 0 Å². The normalized spacial score (nSPS) is 25.4. The average molecular weight is 190 g/mol. The Morgan fingerprint density at radius 1 is 1.36 bits per heavy atom. The van der Waals surface area contributed by atoms with E-state index in [1.54, 1.807) is 0 Å². The molecule has 2 nitrogen and oxygen atoms in total. The number of hydrogen-bond donors (Lipinski definition) is 2. The molecule has 0 saturated carbocycles. The van der Waals surface area contributed by atoms with Crippen LogP contribution in [0.1, 0.15) is 29.7 Å². The molecule has 76 valence electrons. The molecule has 1 aromatic rings. The number of nitrogens with two attached hydrogens (primary N) is 1. The minimum absolute atomic E-state index is 0.187. The highest BCUT2D eigenvalue weighted by Gasteiger charge is 2.24. The second-order valence-corrected chi connectivity index (χ2v) is 4.43. The number of fused-ring (bicyclic) bond motifs is 1. The topological polar surface area (TPSA) is 38.0 Å². The Labute approximate surface area is 85.5 Å². The average Bonchev–Trinajstić information content (AvgIpc) is 2.10. The van der Waals surface area contributed by atoms with Crippen LogP contribution in [0.5, 0.6) is 0 Å². The molecule has 2 heteroatoms. The lowest BCUT2D eigenvalue weighted by molar-refractivity contribution is 0.477. The maximum atomic E-state index is 6.20. The van der Waals surface area contributed by atoms with Crippen LogP contribution in [0.15, 0.2) is 12.1 Å². The lowest BCUT2D eigenvalue weighted by atomic mass is 9.87. The third-order valence-electron chi connectivity index (χ3n) is 3.09. The number of rotatable bonds is 0. The Kier molecular flexibility index (Phi) is 2.23. The third-order valence-corrected chi connectivity index (χ3v) is 3.09. The second kappa shape index (κ2) is 3.28. The van der Waals surface area contributed by atoms with Gasteiger partial charge in [-0.15, -0.1) is 0 Å². The second-order valence-electron chi connectivity index (χ2n) is 4.43. The Bertz CT molecular complexity index is 358. The van der Waals surface area contributed by atoms with E-state index >= 15 is 0 Å². The number of benzene rings is 1. The molecule has 0 spiro atoms. The molecule has 2 atom stereocenters. The molecule has 0 bridgehead atoms. The minimum Gasteiger partial charge on any atom is -0.384 e. The Balaban J connectivity index is 2.54. The number of hydrogen-bond acceptors (Lipinski definition) is 2. The van der Waals surface area contributed by atoms with Crippen molar-refractivity contribution < 1.29 is 0 Å². The van der Waals surface area contributed by atoms with Gasteiger partial charge in [0.2, 0.25) is 0 Å². The van der Waals surface area contributed by atoms with Crippen LogP contribution in [0.25, 0.3) is 0 Å². The fourth-order valence-corrected chi connectivity index (χ4v) is 2.25.